The maximum atomic E-state index is 13.1. The molecule has 0 aromatic carbocycles. The van der Waals surface area contributed by atoms with Crippen LogP contribution in [0.5, 0.6) is 0 Å². The number of rotatable bonds is 4. The first kappa shape index (κ1) is 25.1. The number of hydrogen-bond acceptors (Lipinski definition) is 5. The summed E-state index contributed by atoms with van der Waals surface area (Å²) in [6.07, 6.45) is 5.52. The number of methoxy groups -OCH3 is 1. The smallest absolute Gasteiger partial charge is 0.263 e. The molecular formula is C21H34Cl2N4O3. The highest BCUT2D eigenvalue weighted by Gasteiger charge is 2.40. The quantitative estimate of drug-likeness (QED) is 0.636. The Morgan fingerprint density at radius 2 is 1.80 bits per heavy atom. The molecule has 3 heterocycles. The van der Waals surface area contributed by atoms with Crippen molar-refractivity contribution in [1.82, 2.24) is 20.5 Å². The molecule has 3 N–H and O–H groups in total. The number of aryl methyl sites for hydroxylation is 1. The van der Waals surface area contributed by atoms with E-state index in [1.165, 1.54) is 0 Å². The topological polar surface area (TPSA) is 84.4 Å². The molecule has 3 aliphatic rings. The normalized spacial score (nSPS) is 28.7. The van der Waals surface area contributed by atoms with E-state index in [2.05, 4.69) is 16.0 Å². The van der Waals surface area contributed by atoms with Gasteiger partial charge in [-0.25, -0.2) is 0 Å². The number of piperidine rings is 1. The molecule has 2 aliphatic heterocycles. The van der Waals surface area contributed by atoms with Crippen molar-refractivity contribution in [2.45, 2.75) is 50.8 Å². The second kappa shape index (κ2) is 11.0. The highest BCUT2D eigenvalue weighted by Crippen LogP contribution is 2.34. The van der Waals surface area contributed by atoms with Gasteiger partial charge in [-0.2, -0.15) is 0 Å². The molecule has 0 radical (unpaired) electrons. The van der Waals surface area contributed by atoms with Crippen LogP contribution >= 0.6 is 24.8 Å². The predicted molar refractivity (Wildman–Crippen MR) is 122 cm³/mol. The lowest BCUT2D eigenvalue weighted by atomic mass is 9.77. The standard InChI is InChI=1S/C21H32N4O3.2ClH/c1-13-5-8-25(16-3-6-22-7-4-16)21(27)19(13)20(26)24-17-9-14-11-23-12-15(14)10-18(17)28-2;;/h5,8,14-18,22-23H,3-4,6-7,9-12H2,1-2H3,(H,24,26);2*1H/t14-,15+,17-,18-;;/m0../s1. The molecule has 2 saturated heterocycles. The molecule has 0 unspecified atom stereocenters. The predicted octanol–water partition coefficient (Wildman–Crippen LogP) is 1.67. The lowest BCUT2D eigenvalue weighted by Gasteiger charge is -2.37. The van der Waals surface area contributed by atoms with Crippen LogP contribution in [0.25, 0.3) is 0 Å². The zero-order valence-corrected chi connectivity index (χ0v) is 19.3. The van der Waals surface area contributed by atoms with Gasteiger partial charge in [0.1, 0.15) is 5.56 Å². The van der Waals surface area contributed by atoms with Gasteiger partial charge in [0.15, 0.2) is 0 Å². The number of pyridine rings is 1. The molecule has 3 fully saturated rings. The van der Waals surface area contributed by atoms with E-state index in [4.69, 9.17) is 4.74 Å². The van der Waals surface area contributed by atoms with E-state index < -0.39 is 0 Å². The van der Waals surface area contributed by atoms with Crippen molar-refractivity contribution in [1.29, 1.82) is 0 Å². The number of hydrogen-bond donors (Lipinski definition) is 3. The third-order valence-corrected chi connectivity index (χ3v) is 6.90. The fraction of sp³-hybridized carbons (Fsp3) is 0.714. The summed E-state index contributed by atoms with van der Waals surface area (Å²) >= 11 is 0. The van der Waals surface area contributed by atoms with E-state index in [9.17, 15) is 9.59 Å². The lowest BCUT2D eigenvalue weighted by molar-refractivity contribution is 0.0125. The van der Waals surface area contributed by atoms with Crippen LogP contribution in [-0.4, -0.2) is 55.9 Å². The Balaban J connectivity index is 0.00000160. The maximum absolute atomic E-state index is 13.1. The SMILES string of the molecule is CO[C@H]1C[C@@H]2CNC[C@@H]2C[C@@H]1NC(=O)c1c(C)ccn(C2CCNCC2)c1=O.Cl.Cl. The van der Waals surface area contributed by atoms with Gasteiger partial charge in [0, 0.05) is 19.3 Å². The van der Waals surface area contributed by atoms with Gasteiger partial charge in [0.2, 0.25) is 0 Å². The van der Waals surface area contributed by atoms with Gasteiger partial charge >= 0.3 is 0 Å². The van der Waals surface area contributed by atoms with E-state index in [1.54, 1.807) is 11.7 Å². The van der Waals surface area contributed by atoms with Crippen molar-refractivity contribution in [2.24, 2.45) is 11.8 Å². The summed E-state index contributed by atoms with van der Waals surface area (Å²) in [4.78, 5) is 26.3. The second-order valence-corrected chi connectivity index (χ2v) is 8.57. The first-order valence-corrected chi connectivity index (χ1v) is 10.5. The minimum atomic E-state index is -0.262. The second-order valence-electron chi connectivity index (χ2n) is 8.57. The van der Waals surface area contributed by atoms with Crippen LogP contribution in [0.4, 0.5) is 0 Å². The Kier molecular flexibility index (Phi) is 9.18. The Morgan fingerprint density at radius 1 is 1.13 bits per heavy atom. The molecule has 0 bridgehead atoms. The Labute approximate surface area is 190 Å². The average Bonchev–Trinajstić information content (AvgIpc) is 3.15. The summed E-state index contributed by atoms with van der Waals surface area (Å²) in [6, 6.07) is 2.00. The number of aromatic nitrogens is 1. The van der Waals surface area contributed by atoms with E-state index in [0.717, 1.165) is 57.4 Å². The number of carbonyl (C=O) groups is 1. The summed E-state index contributed by atoms with van der Waals surface area (Å²) in [5.41, 5.74) is 0.843. The first-order chi connectivity index (χ1) is 13.6. The molecule has 4 rings (SSSR count). The van der Waals surface area contributed by atoms with Crippen molar-refractivity contribution < 1.29 is 9.53 Å². The van der Waals surface area contributed by atoms with Gasteiger partial charge in [-0.15, -0.1) is 24.8 Å². The number of fused-ring (bicyclic) bond motifs is 1. The van der Waals surface area contributed by atoms with Crippen molar-refractivity contribution in [3.8, 4) is 0 Å². The van der Waals surface area contributed by atoms with Crippen LogP contribution in [0.2, 0.25) is 0 Å². The van der Waals surface area contributed by atoms with E-state index in [0.29, 0.717) is 11.8 Å². The molecule has 1 saturated carbocycles. The zero-order valence-electron chi connectivity index (χ0n) is 17.7. The van der Waals surface area contributed by atoms with Crippen molar-refractivity contribution in [2.75, 3.05) is 33.3 Å². The van der Waals surface area contributed by atoms with Gasteiger partial charge in [-0.3, -0.25) is 9.59 Å². The van der Waals surface area contributed by atoms with Crippen molar-refractivity contribution in [3.05, 3.63) is 33.7 Å². The molecule has 1 aromatic rings. The number of amides is 1. The largest absolute Gasteiger partial charge is 0.379 e. The lowest BCUT2D eigenvalue weighted by Crippen LogP contribution is -2.51. The molecule has 0 spiro atoms. The number of carbonyl (C=O) groups excluding carboxylic acids is 1. The third kappa shape index (κ3) is 5.02. The minimum Gasteiger partial charge on any atom is -0.379 e. The van der Waals surface area contributed by atoms with E-state index in [-0.39, 0.29) is 60.0 Å². The minimum absolute atomic E-state index is 0. The Hall–Kier alpha value is -1.12. The molecule has 4 atom stereocenters. The third-order valence-electron chi connectivity index (χ3n) is 6.90. The van der Waals surface area contributed by atoms with Crippen molar-refractivity contribution in [3.63, 3.8) is 0 Å². The highest BCUT2D eigenvalue weighted by atomic mass is 35.5. The Morgan fingerprint density at radius 3 is 2.47 bits per heavy atom. The number of ether oxygens (including phenoxy) is 1. The summed E-state index contributed by atoms with van der Waals surface area (Å²) in [5, 5.41) is 9.92. The summed E-state index contributed by atoms with van der Waals surface area (Å²) < 4.78 is 7.45. The van der Waals surface area contributed by atoms with E-state index in [1.807, 2.05) is 19.2 Å². The summed E-state index contributed by atoms with van der Waals surface area (Å²) in [7, 11) is 1.71. The van der Waals surface area contributed by atoms with Gasteiger partial charge in [0.25, 0.3) is 11.5 Å². The number of nitrogens with one attached hydrogen (secondary N) is 3. The molecular weight excluding hydrogens is 427 g/mol. The van der Waals surface area contributed by atoms with Crippen LogP contribution in [0, 0.1) is 18.8 Å². The number of halogens is 2. The molecule has 170 valence electrons. The fourth-order valence-corrected chi connectivity index (χ4v) is 5.22. The van der Waals surface area contributed by atoms with Crippen LogP contribution in [0.15, 0.2) is 17.1 Å². The molecule has 1 amide bonds. The van der Waals surface area contributed by atoms with Crippen LogP contribution in [0.3, 0.4) is 0 Å². The highest BCUT2D eigenvalue weighted by molar-refractivity contribution is 5.95. The molecule has 1 aliphatic carbocycles. The average molecular weight is 461 g/mol. The van der Waals surface area contributed by atoms with E-state index >= 15 is 0 Å². The van der Waals surface area contributed by atoms with Gasteiger partial charge in [-0.05, 0) is 82.3 Å². The molecule has 30 heavy (non-hydrogen) atoms. The molecule has 7 nitrogen and oxygen atoms in total. The zero-order chi connectivity index (χ0) is 19.7. The summed E-state index contributed by atoms with van der Waals surface area (Å²) in [6.45, 7) is 5.68. The molecule has 1 aromatic heterocycles. The van der Waals surface area contributed by atoms with Crippen LogP contribution in [0.1, 0.15) is 47.6 Å². The van der Waals surface area contributed by atoms with Crippen LogP contribution in [-0.2, 0) is 4.74 Å². The first-order valence-electron chi connectivity index (χ1n) is 10.5. The van der Waals surface area contributed by atoms with Gasteiger partial charge < -0.3 is 25.3 Å². The van der Waals surface area contributed by atoms with Crippen molar-refractivity contribution >= 4 is 30.7 Å². The number of nitrogens with zero attached hydrogens (tertiary/aromatic N) is 1. The fourth-order valence-electron chi connectivity index (χ4n) is 5.22. The molecule has 9 heteroatoms. The maximum Gasteiger partial charge on any atom is 0.263 e. The Bertz CT molecular complexity index is 782. The van der Waals surface area contributed by atoms with Gasteiger partial charge in [0.05, 0.1) is 12.1 Å². The summed E-state index contributed by atoms with van der Waals surface area (Å²) in [5.74, 6) is 0.927. The van der Waals surface area contributed by atoms with Crippen LogP contribution < -0.4 is 21.5 Å². The monoisotopic (exact) mass is 460 g/mol. The van der Waals surface area contributed by atoms with Gasteiger partial charge in [-0.1, -0.05) is 0 Å².